The molecule has 0 bridgehead atoms. The summed E-state index contributed by atoms with van der Waals surface area (Å²) in [7, 11) is 0. The Morgan fingerprint density at radius 2 is 1.74 bits per heavy atom. The van der Waals surface area contributed by atoms with Gasteiger partial charge in [0.05, 0.1) is 18.1 Å². The van der Waals surface area contributed by atoms with Gasteiger partial charge in [-0.1, -0.05) is 51.1 Å². The fourth-order valence-electron chi connectivity index (χ4n) is 4.40. The highest BCUT2D eigenvalue weighted by molar-refractivity contribution is 5.98. The van der Waals surface area contributed by atoms with Crippen LogP contribution in [0.2, 0.25) is 0 Å². The van der Waals surface area contributed by atoms with Crippen molar-refractivity contribution in [2.24, 2.45) is 11.8 Å². The molecule has 0 radical (unpaired) electrons. The first-order valence-corrected chi connectivity index (χ1v) is 13.0. The van der Waals surface area contributed by atoms with Crippen molar-refractivity contribution in [1.29, 1.82) is 0 Å². The molecular weight excluding hydrogens is 504 g/mol. The molecule has 1 fully saturated rings. The number of nitrogens with one attached hydrogen (secondary N) is 3. The van der Waals surface area contributed by atoms with Gasteiger partial charge in [0.1, 0.15) is 23.9 Å². The van der Waals surface area contributed by atoms with Crippen molar-refractivity contribution in [3.8, 4) is 5.75 Å². The van der Waals surface area contributed by atoms with Crippen molar-refractivity contribution in [3.63, 3.8) is 0 Å². The number of carbonyl (C=O) groups excluding carboxylic acids is 4. The van der Waals surface area contributed by atoms with Crippen LogP contribution < -0.4 is 16.0 Å². The van der Waals surface area contributed by atoms with Crippen LogP contribution in [0.3, 0.4) is 0 Å². The second-order valence-electron chi connectivity index (χ2n) is 10.2. The molecule has 0 spiro atoms. The molecule has 6 atom stereocenters. The second-order valence-corrected chi connectivity index (χ2v) is 10.2. The van der Waals surface area contributed by atoms with E-state index in [1.165, 1.54) is 32.2 Å². The summed E-state index contributed by atoms with van der Waals surface area (Å²) < 4.78 is 5.58. The minimum Gasteiger partial charge on any atom is -0.505 e. The van der Waals surface area contributed by atoms with Gasteiger partial charge in [0.2, 0.25) is 11.8 Å². The molecule has 1 aromatic carbocycles. The van der Waals surface area contributed by atoms with E-state index in [1.807, 2.05) is 44.2 Å². The summed E-state index contributed by atoms with van der Waals surface area (Å²) in [4.78, 5) is 56.6. The van der Waals surface area contributed by atoms with Crippen molar-refractivity contribution in [2.75, 3.05) is 0 Å². The van der Waals surface area contributed by atoms with E-state index in [-0.39, 0.29) is 30.2 Å². The fourth-order valence-corrected chi connectivity index (χ4v) is 4.40. The first-order chi connectivity index (χ1) is 18.5. The highest BCUT2D eigenvalue weighted by Gasteiger charge is 2.39. The number of benzene rings is 1. The zero-order valence-electron chi connectivity index (χ0n) is 22.5. The molecule has 6 unspecified atom stereocenters. The topological polar surface area (TPSA) is 167 Å². The molecule has 2 heterocycles. The molecule has 11 heteroatoms. The third-order valence-electron chi connectivity index (χ3n) is 6.61. The molecule has 1 aliphatic rings. The fraction of sp³-hybridized carbons (Fsp3) is 0.464. The average Bonchev–Trinajstić information content (AvgIpc) is 2.89. The third kappa shape index (κ3) is 7.76. The van der Waals surface area contributed by atoms with Gasteiger partial charge in [0.15, 0.2) is 5.69 Å². The molecule has 2 aromatic rings. The Balaban J connectivity index is 1.99. The van der Waals surface area contributed by atoms with E-state index in [9.17, 15) is 29.4 Å². The smallest absolute Gasteiger partial charge is 0.328 e. The summed E-state index contributed by atoms with van der Waals surface area (Å²) in [6, 6.07) is 8.48. The number of aliphatic hydroxyl groups is 1. The predicted octanol–water partition coefficient (Wildman–Crippen LogP) is 1.09. The van der Waals surface area contributed by atoms with Crippen LogP contribution in [0.1, 0.15) is 50.2 Å². The number of aromatic nitrogens is 1. The lowest BCUT2D eigenvalue weighted by Crippen LogP contribution is -2.60. The number of amides is 3. The van der Waals surface area contributed by atoms with Gasteiger partial charge in [-0.15, -0.1) is 0 Å². The van der Waals surface area contributed by atoms with Gasteiger partial charge in [-0.25, -0.2) is 9.78 Å². The van der Waals surface area contributed by atoms with Crippen LogP contribution in [0.4, 0.5) is 0 Å². The number of aliphatic hydroxyl groups excluding tert-OH is 1. The van der Waals surface area contributed by atoms with E-state index in [0.717, 1.165) is 5.56 Å². The maximum atomic E-state index is 13.6. The van der Waals surface area contributed by atoms with Crippen LogP contribution in [0.25, 0.3) is 0 Å². The molecule has 1 aromatic heterocycles. The molecule has 1 aliphatic heterocycles. The first kappa shape index (κ1) is 29.6. The Labute approximate surface area is 227 Å². The zero-order valence-corrected chi connectivity index (χ0v) is 22.5. The summed E-state index contributed by atoms with van der Waals surface area (Å²) in [6.45, 7) is 6.71. The van der Waals surface area contributed by atoms with Crippen molar-refractivity contribution >= 4 is 23.7 Å². The number of nitrogens with zero attached hydrogens (tertiary/aromatic N) is 1. The van der Waals surface area contributed by atoms with Crippen molar-refractivity contribution < 1.29 is 34.1 Å². The molecule has 39 heavy (non-hydrogen) atoms. The molecule has 1 saturated heterocycles. The summed E-state index contributed by atoms with van der Waals surface area (Å²) in [5, 5.41) is 29.2. The van der Waals surface area contributed by atoms with E-state index in [0.29, 0.717) is 0 Å². The van der Waals surface area contributed by atoms with E-state index in [4.69, 9.17) is 4.74 Å². The summed E-state index contributed by atoms with van der Waals surface area (Å²) in [5.41, 5.74) is 0.493. The average molecular weight is 541 g/mol. The highest BCUT2D eigenvalue weighted by atomic mass is 16.5. The van der Waals surface area contributed by atoms with Gasteiger partial charge in [-0.3, -0.25) is 14.4 Å². The van der Waals surface area contributed by atoms with Crippen molar-refractivity contribution in [2.45, 2.75) is 70.9 Å². The summed E-state index contributed by atoms with van der Waals surface area (Å²) in [5.74, 6) is -4.29. The molecule has 210 valence electrons. The number of ether oxygens (including phenoxy) is 1. The SMILES string of the molecule is CC(C)CC1NC(=O)C(C)C(O)C(Cc2ccccc2)NC(=O)C(NC(=O)c2ncccc2O)C(C)OC1=O. The largest absolute Gasteiger partial charge is 0.505 e. The van der Waals surface area contributed by atoms with Crippen LogP contribution in [-0.2, 0) is 25.5 Å². The van der Waals surface area contributed by atoms with E-state index >= 15 is 0 Å². The monoisotopic (exact) mass is 540 g/mol. The van der Waals surface area contributed by atoms with Gasteiger partial charge in [0, 0.05) is 6.20 Å². The van der Waals surface area contributed by atoms with Crippen LogP contribution in [0.5, 0.6) is 5.75 Å². The summed E-state index contributed by atoms with van der Waals surface area (Å²) in [6.07, 6.45) is -0.734. The number of esters is 1. The standard InChI is InChI=1S/C28H36N4O7/c1-15(2)13-20-28(38)39-17(4)22(32-27(37)23-21(33)11-8-12-29-23)26(36)30-19(14-18-9-6-5-7-10-18)24(34)16(3)25(35)31-20/h5-12,15-17,19-20,22,24,33-34H,13-14H2,1-4H3,(H,30,36)(H,31,35)(H,32,37). The second kappa shape index (κ2) is 13.2. The number of aromatic hydroxyl groups is 1. The number of hydrogen-bond donors (Lipinski definition) is 5. The Kier molecular flexibility index (Phi) is 10.00. The number of cyclic esters (lactones) is 1. The Hall–Kier alpha value is -3.99. The van der Waals surface area contributed by atoms with Crippen LogP contribution in [0, 0.1) is 11.8 Å². The Morgan fingerprint density at radius 3 is 2.38 bits per heavy atom. The lowest BCUT2D eigenvalue weighted by Gasteiger charge is -2.33. The van der Waals surface area contributed by atoms with Gasteiger partial charge >= 0.3 is 5.97 Å². The van der Waals surface area contributed by atoms with Gasteiger partial charge in [-0.2, -0.15) is 0 Å². The molecular formula is C28H36N4O7. The van der Waals surface area contributed by atoms with Crippen molar-refractivity contribution in [3.05, 3.63) is 59.9 Å². The maximum absolute atomic E-state index is 13.6. The molecule has 3 amide bonds. The lowest BCUT2D eigenvalue weighted by atomic mass is 9.91. The van der Waals surface area contributed by atoms with E-state index in [1.54, 1.807) is 0 Å². The van der Waals surface area contributed by atoms with E-state index in [2.05, 4.69) is 20.9 Å². The summed E-state index contributed by atoms with van der Waals surface area (Å²) >= 11 is 0. The molecule has 5 N–H and O–H groups in total. The number of pyridine rings is 1. The lowest BCUT2D eigenvalue weighted by molar-refractivity contribution is -0.156. The normalized spacial score (nSPS) is 26.5. The van der Waals surface area contributed by atoms with Crippen LogP contribution >= 0.6 is 0 Å². The minimum atomic E-state index is -1.40. The maximum Gasteiger partial charge on any atom is 0.328 e. The Morgan fingerprint density at radius 1 is 1.05 bits per heavy atom. The predicted molar refractivity (Wildman–Crippen MR) is 141 cm³/mol. The van der Waals surface area contributed by atoms with Gasteiger partial charge in [-0.05, 0) is 43.4 Å². The highest BCUT2D eigenvalue weighted by Crippen LogP contribution is 2.18. The molecule has 0 saturated carbocycles. The molecule has 3 rings (SSSR count). The number of carbonyl (C=O) groups is 4. The minimum absolute atomic E-state index is 0.0167. The van der Waals surface area contributed by atoms with Crippen LogP contribution in [-0.4, -0.2) is 69.2 Å². The first-order valence-electron chi connectivity index (χ1n) is 13.0. The zero-order chi connectivity index (χ0) is 28.7. The Bertz CT molecular complexity index is 1170. The van der Waals surface area contributed by atoms with Gasteiger partial charge < -0.3 is 30.9 Å². The van der Waals surface area contributed by atoms with Crippen LogP contribution in [0.15, 0.2) is 48.7 Å². The molecule has 11 nitrogen and oxygen atoms in total. The number of rotatable bonds is 6. The number of hydrogen-bond acceptors (Lipinski definition) is 8. The third-order valence-corrected chi connectivity index (χ3v) is 6.61. The van der Waals surface area contributed by atoms with E-state index < -0.39 is 59.9 Å². The quantitative estimate of drug-likeness (QED) is 0.340. The molecule has 0 aliphatic carbocycles. The van der Waals surface area contributed by atoms with Gasteiger partial charge in [0.25, 0.3) is 5.91 Å². The van der Waals surface area contributed by atoms with Crippen molar-refractivity contribution in [1.82, 2.24) is 20.9 Å².